The van der Waals surface area contributed by atoms with Crippen LogP contribution in [0.5, 0.6) is 0 Å². The number of anilines is 2. The lowest BCUT2D eigenvalue weighted by Gasteiger charge is -2.12. The van der Waals surface area contributed by atoms with E-state index in [9.17, 15) is 9.59 Å². The Morgan fingerprint density at radius 3 is 2.89 bits per heavy atom. The Kier molecular flexibility index (Phi) is 4.06. The number of nitrogen functional groups attached to an aromatic ring is 1. The maximum absolute atomic E-state index is 11.8. The minimum Gasteiger partial charge on any atom is -0.383 e. The second kappa shape index (κ2) is 5.75. The molecule has 0 fully saturated rings. The molecule has 102 valence electrons. The van der Waals surface area contributed by atoms with Crippen LogP contribution in [0.2, 0.25) is 0 Å². The van der Waals surface area contributed by atoms with E-state index < -0.39 is 11.2 Å². The van der Waals surface area contributed by atoms with Crippen molar-refractivity contribution < 1.29 is 0 Å². The maximum atomic E-state index is 11.8. The highest BCUT2D eigenvalue weighted by atomic mass is 32.1. The van der Waals surface area contributed by atoms with Gasteiger partial charge in [0.2, 0.25) is 0 Å². The summed E-state index contributed by atoms with van der Waals surface area (Å²) in [4.78, 5) is 26.8. The topological polar surface area (TPSA) is 92.9 Å². The molecule has 6 nitrogen and oxygen atoms in total. The predicted molar refractivity (Wildman–Crippen MR) is 77.7 cm³/mol. The van der Waals surface area contributed by atoms with Gasteiger partial charge in [-0.15, -0.1) is 11.3 Å². The van der Waals surface area contributed by atoms with Crippen LogP contribution in [-0.2, 0) is 13.1 Å². The smallest absolute Gasteiger partial charge is 0.330 e. The Labute approximate surface area is 113 Å². The van der Waals surface area contributed by atoms with E-state index in [1.165, 1.54) is 4.57 Å². The molecule has 0 bridgehead atoms. The number of aromatic amines is 1. The number of aromatic nitrogens is 2. The maximum Gasteiger partial charge on any atom is 0.330 e. The second-order valence-corrected chi connectivity index (χ2v) is 5.14. The Balaban J connectivity index is 2.31. The summed E-state index contributed by atoms with van der Waals surface area (Å²) in [5.74, 6) is 0.187. The first-order valence-corrected chi connectivity index (χ1v) is 6.90. The van der Waals surface area contributed by atoms with Gasteiger partial charge in [0.05, 0.1) is 0 Å². The van der Waals surface area contributed by atoms with Crippen LogP contribution in [-0.4, -0.2) is 9.55 Å². The van der Waals surface area contributed by atoms with E-state index in [0.29, 0.717) is 13.1 Å². The molecule has 0 aliphatic rings. The highest BCUT2D eigenvalue weighted by Crippen LogP contribution is 2.14. The minimum atomic E-state index is -0.480. The summed E-state index contributed by atoms with van der Waals surface area (Å²) >= 11 is 1.59. The zero-order chi connectivity index (χ0) is 13.8. The molecule has 7 heteroatoms. The van der Waals surface area contributed by atoms with Crippen molar-refractivity contribution in [1.82, 2.24) is 9.55 Å². The fraction of sp³-hybridized carbons (Fsp3) is 0.333. The van der Waals surface area contributed by atoms with E-state index in [4.69, 9.17) is 5.73 Å². The van der Waals surface area contributed by atoms with Crippen LogP contribution in [0.1, 0.15) is 18.2 Å². The number of nitrogens with one attached hydrogen (secondary N) is 2. The van der Waals surface area contributed by atoms with Crippen LogP contribution >= 0.6 is 11.3 Å². The van der Waals surface area contributed by atoms with Crippen molar-refractivity contribution in [2.75, 3.05) is 11.1 Å². The number of hydrogen-bond donors (Lipinski definition) is 3. The summed E-state index contributed by atoms with van der Waals surface area (Å²) in [6, 6.07) is 3.90. The highest BCUT2D eigenvalue weighted by molar-refractivity contribution is 7.09. The molecule has 0 spiro atoms. The molecule has 2 heterocycles. The third kappa shape index (κ3) is 2.87. The minimum absolute atomic E-state index is 0.187. The van der Waals surface area contributed by atoms with Crippen LogP contribution in [0.4, 0.5) is 11.5 Å². The van der Waals surface area contributed by atoms with Gasteiger partial charge in [0.25, 0.3) is 5.56 Å². The third-order valence-corrected chi connectivity index (χ3v) is 3.58. The van der Waals surface area contributed by atoms with Crippen molar-refractivity contribution in [3.05, 3.63) is 43.2 Å². The van der Waals surface area contributed by atoms with Gasteiger partial charge >= 0.3 is 5.69 Å². The first kappa shape index (κ1) is 13.4. The highest BCUT2D eigenvalue weighted by Gasteiger charge is 2.11. The quantitative estimate of drug-likeness (QED) is 0.767. The molecule has 0 amide bonds. The van der Waals surface area contributed by atoms with Crippen molar-refractivity contribution in [2.24, 2.45) is 0 Å². The van der Waals surface area contributed by atoms with Crippen molar-refractivity contribution in [2.45, 2.75) is 26.4 Å². The molecule has 0 atom stereocenters. The summed E-state index contributed by atoms with van der Waals surface area (Å²) in [6.45, 7) is 2.93. The standard InChI is InChI=1S/C12H16N4O2S/c1-2-5-16-10(13)9(11(17)15-12(16)18)14-7-8-4-3-6-19-8/h3-4,6,14H,2,5,7,13H2,1H3,(H,15,17,18). The molecule has 2 aromatic rings. The molecule has 2 rings (SSSR count). The van der Waals surface area contributed by atoms with Gasteiger partial charge in [-0.25, -0.2) is 4.79 Å². The molecule has 0 saturated heterocycles. The van der Waals surface area contributed by atoms with Crippen molar-refractivity contribution in [3.63, 3.8) is 0 Å². The molecule has 0 aliphatic carbocycles. The largest absolute Gasteiger partial charge is 0.383 e. The van der Waals surface area contributed by atoms with E-state index in [2.05, 4.69) is 10.3 Å². The molecule has 0 aromatic carbocycles. The van der Waals surface area contributed by atoms with Crippen LogP contribution in [0, 0.1) is 0 Å². The Hall–Kier alpha value is -2.02. The lowest BCUT2D eigenvalue weighted by atomic mass is 10.4. The van der Waals surface area contributed by atoms with Crippen LogP contribution in [0.25, 0.3) is 0 Å². The predicted octanol–water partition coefficient (Wildman–Crippen LogP) is 1.20. The lowest BCUT2D eigenvalue weighted by Crippen LogP contribution is -2.34. The molecular formula is C12H16N4O2S. The molecule has 0 aliphatic heterocycles. The van der Waals surface area contributed by atoms with Gasteiger partial charge in [0.15, 0.2) is 0 Å². The molecular weight excluding hydrogens is 264 g/mol. The fourth-order valence-electron chi connectivity index (χ4n) is 1.79. The molecule has 4 N–H and O–H groups in total. The SMILES string of the molecule is CCCn1c(N)c(NCc2cccs2)c(=O)[nH]c1=O. The summed E-state index contributed by atoms with van der Waals surface area (Å²) in [5.41, 5.74) is 5.20. The van der Waals surface area contributed by atoms with E-state index in [0.717, 1.165) is 11.3 Å². The van der Waals surface area contributed by atoms with Gasteiger partial charge in [-0.1, -0.05) is 13.0 Å². The van der Waals surface area contributed by atoms with E-state index in [1.807, 2.05) is 24.4 Å². The molecule has 19 heavy (non-hydrogen) atoms. The number of nitrogens with zero attached hydrogens (tertiary/aromatic N) is 1. The van der Waals surface area contributed by atoms with Gasteiger partial charge in [-0.05, 0) is 17.9 Å². The van der Waals surface area contributed by atoms with Crippen molar-refractivity contribution >= 4 is 22.8 Å². The first-order valence-electron chi connectivity index (χ1n) is 6.02. The number of hydrogen-bond acceptors (Lipinski definition) is 5. The fourth-order valence-corrected chi connectivity index (χ4v) is 2.44. The number of nitrogens with two attached hydrogens (primary N) is 1. The second-order valence-electron chi connectivity index (χ2n) is 4.10. The Morgan fingerprint density at radius 1 is 1.47 bits per heavy atom. The average Bonchev–Trinajstić information content (AvgIpc) is 2.87. The van der Waals surface area contributed by atoms with Crippen LogP contribution < -0.4 is 22.3 Å². The molecule has 0 saturated carbocycles. The summed E-state index contributed by atoms with van der Waals surface area (Å²) in [6.07, 6.45) is 0.764. The average molecular weight is 280 g/mol. The lowest BCUT2D eigenvalue weighted by molar-refractivity contribution is 0.642. The Morgan fingerprint density at radius 2 is 2.26 bits per heavy atom. The van der Waals surface area contributed by atoms with Gasteiger partial charge in [-0.2, -0.15) is 0 Å². The van der Waals surface area contributed by atoms with E-state index >= 15 is 0 Å². The van der Waals surface area contributed by atoms with Gasteiger partial charge in [-0.3, -0.25) is 14.3 Å². The number of H-pyrrole nitrogens is 1. The number of thiophene rings is 1. The van der Waals surface area contributed by atoms with Gasteiger partial charge < -0.3 is 11.1 Å². The van der Waals surface area contributed by atoms with Gasteiger partial charge in [0.1, 0.15) is 11.5 Å². The summed E-state index contributed by atoms with van der Waals surface area (Å²) in [7, 11) is 0. The van der Waals surface area contributed by atoms with Crippen LogP contribution in [0.15, 0.2) is 27.1 Å². The van der Waals surface area contributed by atoms with E-state index in [-0.39, 0.29) is 11.5 Å². The molecule has 2 aromatic heterocycles. The summed E-state index contributed by atoms with van der Waals surface area (Å²) < 4.78 is 1.37. The Bertz CT molecular complexity index is 657. The monoisotopic (exact) mass is 280 g/mol. The summed E-state index contributed by atoms with van der Waals surface area (Å²) in [5, 5.41) is 4.95. The van der Waals surface area contributed by atoms with Gasteiger partial charge in [0, 0.05) is 18.0 Å². The normalized spacial score (nSPS) is 10.6. The van der Waals surface area contributed by atoms with Crippen molar-refractivity contribution in [3.8, 4) is 0 Å². The van der Waals surface area contributed by atoms with E-state index in [1.54, 1.807) is 11.3 Å². The van der Waals surface area contributed by atoms with Crippen LogP contribution in [0.3, 0.4) is 0 Å². The molecule has 0 radical (unpaired) electrons. The first-order chi connectivity index (χ1) is 9.13. The zero-order valence-electron chi connectivity index (χ0n) is 10.6. The zero-order valence-corrected chi connectivity index (χ0v) is 11.4. The van der Waals surface area contributed by atoms with Crippen molar-refractivity contribution in [1.29, 1.82) is 0 Å². The number of rotatable bonds is 5. The molecule has 0 unspecified atom stereocenters. The third-order valence-electron chi connectivity index (χ3n) is 2.71.